The van der Waals surface area contributed by atoms with E-state index in [-0.39, 0.29) is 5.91 Å². The monoisotopic (exact) mass is 235 g/mol. The fourth-order valence-corrected chi connectivity index (χ4v) is 1.64. The van der Waals surface area contributed by atoms with Gasteiger partial charge in [0.1, 0.15) is 5.75 Å². The average Bonchev–Trinajstić information content (AvgIpc) is 2.59. The molecule has 1 aromatic carbocycles. The van der Waals surface area contributed by atoms with E-state index in [1.54, 1.807) is 12.1 Å². The maximum Gasteiger partial charge on any atom is 0.219 e. The van der Waals surface area contributed by atoms with E-state index in [0.29, 0.717) is 5.75 Å². The SMILES string of the molecule is CCc1ccc(O)cc1.O=C1CCCCCN1. The molecule has 94 valence electrons. The fraction of sp³-hybridized carbons (Fsp3) is 0.500. The second kappa shape index (κ2) is 7.71. The van der Waals surface area contributed by atoms with Gasteiger partial charge in [0.15, 0.2) is 0 Å². The summed E-state index contributed by atoms with van der Waals surface area (Å²) in [5, 5.41) is 11.7. The van der Waals surface area contributed by atoms with Gasteiger partial charge in [-0.05, 0) is 37.0 Å². The number of phenolic OH excluding ortho intramolecular Hbond substituents is 1. The van der Waals surface area contributed by atoms with Crippen LogP contribution in [0.25, 0.3) is 0 Å². The lowest BCUT2D eigenvalue weighted by atomic mass is 10.2. The van der Waals surface area contributed by atoms with Gasteiger partial charge in [0.05, 0.1) is 0 Å². The molecule has 1 saturated heterocycles. The van der Waals surface area contributed by atoms with Crippen LogP contribution in [0.2, 0.25) is 0 Å². The van der Waals surface area contributed by atoms with Crippen LogP contribution >= 0.6 is 0 Å². The molecule has 1 aliphatic heterocycles. The quantitative estimate of drug-likeness (QED) is 0.786. The van der Waals surface area contributed by atoms with Crippen LogP contribution in [0.3, 0.4) is 0 Å². The number of hydrogen-bond acceptors (Lipinski definition) is 2. The first-order valence-corrected chi connectivity index (χ1v) is 6.27. The number of nitrogens with one attached hydrogen (secondary N) is 1. The lowest BCUT2D eigenvalue weighted by Gasteiger charge is -1.93. The first-order valence-electron chi connectivity index (χ1n) is 6.27. The number of amides is 1. The number of hydrogen-bond donors (Lipinski definition) is 2. The van der Waals surface area contributed by atoms with E-state index in [9.17, 15) is 4.79 Å². The van der Waals surface area contributed by atoms with Crippen molar-refractivity contribution in [2.24, 2.45) is 0 Å². The number of rotatable bonds is 1. The van der Waals surface area contributed by atoms with Crippen LogP contribution in [-0.2, 0) is 11.2 Å². The van der Waals surface area contributed by atoms with Gasteiger partial charge in [-0.1, -0.05) is 25.5 Å². The van der Waals surface area contributed by atoms with E-state index in [1.807, 2.05) is 12.1 Å². The van der Waals surface area contributed by atoms with Crippen LogP contribution in [0, 0.1) is 0 Å². The highest BCUT2D eigenvalue weighted by Crippen LogP contribution is 2.09. The van der Waals surface area contributed by atoms with Gasteiger partial charge in [0.2, 0.25) is 5.91 Å². The van der Waals surface area contributed by atoms with Crippen molar-refractivity contribution in [2.45, 2.75) is 39.0 Å². The minimum atomic E-state index is 0.225. The highest BCUT2D eigenvalue weighted by molar-refractivity contribution is 5.75. The summed E-state index contributed by atoms with van der Waals surface area (Å²) in [7, 11) is 0. The fourth-order valence-electron chi connectivity index (χ4n) is 1.64. The number of carbonyl (C=O) groups is 1. The van der Waals surface area contributed by atoms with Gasteiger partial charge in [-0.2, -0.15) is 0 Å². The van der Waals surface area contributed by atoms with Crippen molar-refractivity contribution in [2.75, 3.05) is 6.54 Å². The molecule has 2 rings (SSSR count). The van der Waals surface area contributed by atoms with Crippen molar-refractivity contribution in [1.82, 2.24) is 5.32 Å². The van der Waals surface area contributed by atoms with Gasteiger partial charge in [-0.25, -0.2) is 0 Å². The molecule has 0 atom stereocenters. The van der Waals surface area contributed by atoms with Gasteiger partial charge >= 0.3 is 0 Å². The zero-order valence-corrected chi connectivity index (χ0v) is 10.4. The molecule has 1 fully saturated rings. The molecule has 0 saturated carbocycles. The van der Waals surface area contributed by atoms with Gasteiger partial charge < -0.3 is 10.4 Å². The van der Waals surface area contributed by atoms with E-state index in [0.717, 1.165) is 32.2 Å². The summed E-state index contributed by atoms with van der Waals surface area (Å²) in [5.41, 5.74) is 1.26. The van der Waals surface area contributed by atoms with E-state index in [1.165, 1.54) is 12.0 Å². The summed E-state index contributed by atoms with van der Waals surface area (Å²) in [6.45, 7) is 2.98. The summed E-state index contributed by atoms with van der Waals surface area (Å²) < 4.78 is 0. The van der Waals surface area contributed by atoms with Crippen LogP contribution in [0.1, 0.15) is 38.2 Å². The minimum Gasteiger partial charge on any atom is -0.508 e. The van der Waals surface area contributed by atoms with Crippen molar-refractivity contribution in [3.63, 3.8) is 0 Å². The normalized spacial score (nSPS) is 15.2. The zero-order chi connectivity index (χ0) is 12.5. The molecule has 0 aromatic heterocycles. The number of benzene rings is 1. The predicted molar refractivity (Wildman–Crippen MR) is 69.0 cm³/mol. The van der Waals surface area contributed by atoms with E-state index in [2.05, 4.69) is 12.2 Å². The number of aryl methyl sites for hydroxylation is 1. The largest absolute Gasteiger partial charge is 0.508 e. The number of carbonyl (C=O) groups excluding carboxylic acids is 1. The van der Waals surface area contributed by atoms with Gasteiger partial charge in [0.25, 0.3) is 0 Å². The Balaban J connectivity index is 0.000000171. The molecule has 1 aromatic rings. The average molecular weight is 235 g/mol. The molecule has 0 radical (unpaired) electrons. The summed E-state index contributed by atoms with van der Waals surface area (Å²) >= 11 is 0. The molecule has 0 unspecified atom stereocenters. The molecule has 17 heavy (non-hydrogen) atoms. The third kappa shape index (κ3) is 5.95. The first kappa shape index (κ1) is 13.6. The smallest absolute Gasteiger partial charge is 0.219 e. The molecule has 1 heterocycles. The molecule has 1 aliphatic rings. The van der Waals surface area contributed by atoms with Crippen molar-refractivity contribution in [3.8, 4) is 5.75 Å². The Morgan fingerprint density at radius 1 is 1.18 bits per heavy atom. The Hall–Kier alpha value is -1.51. The van der Waals surface area contributed by atoms with Crippen LogP contribution in [-0.4, -0.2) is 17.6 Å². The molecular formula is C14H21NO2. The molecule has 3 nitrogen and oxygen atoms in total. The van der Waals surface area contributed by atoms with Crippen molar-refractivity contribution >= 4 is 5.91 Å². The number of phenols is 1. The van der Waals surface area contributed by atoms with Crippen LogP contribution in [0.4, 0.5) is 0 Å². The summed E-state index contributed by atoms with van der Waals surface area (Å²) in [6.07, 6.45) is 5.20. The van der Waals surface area contributed by atoms with Gasteiger partial charge in [0, 0.05) is 13.0 Å². The van der Waals surface area contributed by atoms with Crippen molar-refractivity contribution in [1.29, 1.82) is 0 Å². The topological polar surface area (TPSA) is 49.3 Å². The summed E-state index contributed by atoms with van der Waals surface area (Å²) in [4.78, 5) is 10.6. The standard InChI is InChI=1S/C8H10O.C6H11NO/c1-2-7-3-5-8(9)6-4-7;8-6-4-2-1-3-5-7-6/h3-6,9H,2H2,1H3;1-5H2,(H,7,8). The van der Waals surface area contributed by atoms with Gasteiger partial charge in [-0.15, -0.1) is 0 Å². The molecule has 0 aliphatic carbocycles. The Morgan fingerprint density at radius 2 is 1.88 bits per heavy atom. The third-order valence-electron chi connectivity index (χ3n) is 2.75. The summed E-state index contributed by atoms with van der Waals surface area (Å²) in [6, 6.07) is 7.27. The molecule has 0 spiro atoms. The molecule has 0 bridgehead atoms. The molecule has 3 heteroatoms. The summed E-state index contributed by atoms with van der Waals surface area (Å²) in [5.74, 6) is 0.565. The van der Waals surface area contributed by atoms with Crippen LogP contribution < -0.4 is 5.32 Å². The Labute approximate surface area is 103 Å². The van der Waals surface area contributed by atoms with E-state index in [4.69, 9.17) is 5.11 Å². The second-order valence-corrected chi connectivity index (χ2v) is 4.18. The predicted octanol–water partition coefficient (Wildman–Crippen LogP) is 2.63. The van der Waals surface area contributed by atoms with Crippen molar-refractivity contribution < 1.29 is 9.90 Å². The highest BCUT2D eigenvalue weighted by atomic mass is 16.3. The minimum absolute atomic E-state index is 0.225. The van der Waals surface area contributed by atoms with E-state index >= 15 is 0 Å². The Morgan fingerprint density at radius 3 is 2.53 bits per heavy atom. The first-order chi connectivity index (χ1) is 8.22. The lowest BCUT2D eigenvalue weighted by Crippen LogP contribution is -2.21. The van der Waals surface area contributed by atoms with Crippen molar-refractivity contribution in [3.05, 3.63) is 29.8 Å². The van der Waals surface area contributed by atoms with E-state index < -0.39 is 0 Å². The third-order valence-corrected chi connectivity index (χ3v) is 2.75. The Bertz CT molecular complexity index is 323. The maximum absolute atomic E-state index is 10.6. The molecule has 2 N–H and O–H groups in total. The molecular weight excluding hydrogens is 214 g/mol. The number of aromatic hydroxyl groups is 1. The zero-order valence-electron chi connectivity index (χ0n) is 10.4. The highest BCUT2D eigenvalue weighted by Gasteiger charge is 2.03. The Kier molecular flexibility index (Phi) is 6.15. The van der Waals surface area contributed by atoms with Gasteiger partial charge in [-0.3, -0.25) is 4.79 Å². The maximum atomic E-state index is 10.6. The molecule has 1 amide bonds. The van der Waals surface area contributed by atoms with Crippen LogP contribution in [0.15, 0.2) is 24.3 Å². The lowest BCUT2D eigenvalue weighted by molar-refractivity contribution is -0.120. The van der Waals surface area contributed by atoms with Crippen LogP contribution in [0.5, 0.6) is 5.75 Å². The second-order valence-electron chi connectivity index (χ2n) is 4.18.